The Morgan fingerprint density at radius 3 is 2.23 bits per heavy atom. The Bertz CT molecular complexity index is 729. The van der Waals surface area contributed by atoms with Gasteiger partial charge in [0.05, 0.1) is 4.90 Å². The van der Waals surface area contributed by atoms with Crippen LogP contribution in [0.1, 0.15) is 56.3 Å². The summed E-state index contributed by atoms with van der Waals surface area (Å²) in [6.07, 6.45) is 5.41. The maximum absolute atomic E-state index is 13.1. The van der Waals surface area contributed by atoms with E-state index in [4.69, 9.17) is 0 Å². The molecule has 6 heteroatoms. The van der Waals surface area contributed by atoms with Crippen molar-refractivity contribution in [2.24, 2.45) is 11.8 Å². The predicted octanol–water partition coefficient (Wildman–Crippen LogP) is 3.37. The Hall–Kier alpha value is -1.40. The second-order valence-corrected chi connectivity index (χ2v) is 9.94. The number of benzene rings is 1. The van der Waals surface area contributed by atoms with E-state index in [9.17, 15) is 13.2 Å². The second kappa shape index (κ2) is 8.09. The molecule has 2 aliphatic heterocycles. The lowest BCUT2D eigenvalue weighted by Gasteiger charge is -2.34. The maximum Gasteiger partial charge on any atom is 0.253 e. The molecular weight excluding hydrogens is 348 g/mol. The van der Waals surface area contributed by atoms with Gasteiger partial charge in [-0.05, 0) is 49.3 Å². The minimum atomic E-state index is -3.56. The molecule has 0 radical (unpaired) electrons. The monoisotopic (exact) mass is 378 g/mol. The van der Waals surface area contributed by atoms with Crippen LogP contribution in [0.4, 0.5) is 0 Å². The molecule has 2 atom stereocenters. The fraction of sp³-hybridized carbons (Fsp3) is 0.650. The van der Waals surface area contributed by atoms with Gasteiger partial charge in [-0.15, -0.1) is 0 Å². The minimum absolute atomic E-state index is 0.0515. The van der Waals surface area contributed by atoms with Gasteiger partial charge in [-0.2, -0.15) is 4.31 Å². The highest BCUT2D eigenvalue weighted by molar-refractivity contribution is 7.89. The highest BCUT2D eigenvalue weighted by Crippen LogP contribution is 2.27. The van der Waals surface area contributed by atoms with Crippen LogP contribution in [0, 0.1) is 11.8 Å². The molecule has 1 aromatic carbocycles. The van der Waals surface area contributed by atoms with Gasteiger partial charge in [-0.1, -0.05) is 32.8 Å². The van der Waals surface area contributed by atoms with Crippen molar-refractivity contribution in [3.05, 3.63) is 29.8 Å². The average Bonchev–Trinajstić information content (AvgIpc) is 2.90. The molecule has 144 valence electrons. The average molecular weight is 379 g/mol. The number of hydrogen-bond donors (Lipinski definition) is 0. The first-order valence-corrected chi connectivity index (χ1v) is 11.2. The molecule has 0 aromatic heterocycles. The molecule has 2 fully saturated rings. The summed E-state index contributed by atoms with van der Waals surface area (Å²) in [5.74, 6) is 0.662. The molecule has 2 heterocycles. The Morgan fingerprint density at radius 1 is 1.00 bits per heavy atom. The summed E-state index contributed by atoms with van der Waals surface area (Å²) in [6, 6.07) is 6.59. The predicted molar refractivity (Wildman–Crippen MR) is 103 cm³/mol. The zero-order valence-electron chi connectivity index (χ0n) is 15.9. The van der Waals surface area contributed by atoms with E-state index < -0.39 is 10.0 Å². The Morgan fingerprint density at radius 2 is 1.62 bits per heavy atom. The van der Waals surface area contributed by atoms with Gasteiger partial charge < -0.3 is 4.90 Å². The normalized spacial score (nSPS) is 25.7. The zero-order chi connectivity index (χ0) is 18.7. The highest BCUT2D eigenvalue weighted by atomic mass is 32.2. The third kappa shape index (κ3) is 4.29. The summed E-state index contributed by atoms with van der Waals surface area (Å²) >= 11 is 0. The van der Waals surface area contributed by atoms with Crippen LogP contribution in [0.3, 0.4) is 0 Å². The molecule has 0 bridgehead atoms. The molecular formula is C20H30N2O3S. The molecule has 0 saturated carbocycles. The summed E-state index contributed by atoms with van der Waals surface area (Å²) < 4.78 is 27.8. The van der Waals surface area contributed by atoms with Gasteiger partial charge >= 0.3 is 0 Å². The molecule has 3 rings (SSSR count). The number of hydrogen-bond acceptors (Lipinski definition) is 3. The lowest BCUT2D eigenvalue weighted by Crippen LogP contribution is -2.42. The van der Waals surface area contributed by atoms with E-state index in [2.05, 4.69) is 13.8 Å². The number of piperidine rings is 1. The molecule has 1 aromatic rings. The van der Waals surface area contributed by atoms with Gasteiger partial charge in [0.15, 0.2) is 0 Å². The molecule has 0 N–H and O–H groups in total. The molecule has 2 saturated heterocycles. The van der Waals surface area contributed by atoms with Crippen LogP contribution in [-0.2, 0) is 10.0 Å². The first kappa shape index (κ1) is 19.4. The number of sulfonamides is 1. The largest absolute Gasteiger partial charge is 0.339 e. The SMILES string of the molecule is CC1CC(C)CN(S(=O)(=O)c2cccc(C(=O)N3CCCCCC3)c2)C1. The van der Waals surface area contributed by atoms with Crippen molar-refractivity contribution in [2.75, 3.05) is 26.2 Å². The summed E-state index contributed by atoms with van der Waals surface area (Å²) in [4.78, 5) is 14.9. The van der Waals surface area contributed by atoms with Crippen molar-refractivity contribution in [2.45, 2.75) is 50.8 Å². The summed E-state index contributed by atoms with van der Waals surface area (Å²) in [6.45, 7) is 6.82. The number of rotatable bonds is 3. The molecule has 26 heavy (non-hydrogen) atoms. The molecule has 1 amide bonds. The van der Waals surface area contributed by atoms with Gasteiger partial charge in [0, 0.05) is 31.7 Å². The Kier molecular flexibility index (Phi) is 6.03. The molecule has 0 aliphatic carbocycles. The lowest BCUT2D eigenvalue weighted by molar-refractivity contribution is 0.0761. The molecule has 2 aliphatic rings. The smallest absolute Gasteiger partial charge is 0.253 e. The van der Waals surface area contributed by atoms with Crippen molar-refractivity contribution in [3.8, 4) is 0 Å². The van der Waals surface area contributed by atoms with Crippen LogP contribution in [0.15, 0.2) is 29.2 Å². The Balaban J connectivity index is 1.82. The van der Waals surface area contributed by atoms with E-state index in [1.807, 2.05) is 4.90 Å². The van der Waals surface area contributed by atoms with Crippen molar-refractivity contribution in [3.63, 3.8) is 0 Å². The van der Waals surface area contributed by atoms with Gasteiger partial charge in [0.25, 0.3) is 5.91 Å². The third-order valence-corrected chi connectivity index (χ3v) is 7.28. The number of amides is 1. The molecule has 5 nitrogen and oxygen atoms in total. The summed E-state index contributed by atoms with van der Waals surface area (Å²) in [7, 11) is -3.56. The highest BCUT2D eigenvalue weighted by Gasteiger charge is 2.32. The third-order valence-electron chi connectivity index (χ3n) is 5.45. The maximum atomic E-state index is 13.1. The van der Waals surface area contributed by atoms with Gasteiger partial charge in [0.2, 0.25) is 10.0 Å². The van der Waals surface area contributed by atoms with Crippen LogP contribution >= 0.6 is 0 Å². The molecule has 2 unspecified atom stereocenters. The fourth-order valence-corrected chi connectivity index (χ4v) is 5.92. The van der Waals surface area contributed by atoms with Gasteiger partial charge in [0.1, 0.15) is 0 Å². The Labute approximate surface area is 157 Å². The summed E-state index contributed by atoms with van der Waals surface area (Å²) in [5, 5.41) is 0. The number of carbonyl (C=O) groups excluding carboxylic acids is 1. The van der Waals surface area contributed by atoms with E-state index in [-0.39, 0.29) is 10.8 Å². The number of nitrogens with zero attached hydrogens (tertiary/aromatic N) is 2. The van der Waals surface area contributed by atoms with Crippen LogP contribution in [0.25, 0.3) is 0 Å². The first-order valence-electron chi connectivity index (χ1n) is 9.77. The second-order valence-electron chi connectivity index (χ2n) is 8.00. The first-order chi connectivity index (χ1) is 12.4. The number of likely N-dealkylation sites (tertiary alicyclic amines) is 1. The van der Waals surface area contributed by atoms with Crippen LogP contribution in [0.2, 0.25) is 0 Å². The van der Waals surface area contributed by atoms with Crippen LogP contribution in [-0.4, -0.2) is 49.7 Å². The van der Waals surface area contributed by atoms with Crippen molar-refractivity contribution in [1.82, 2.24) is 9.21 Å². The van der Waals surface area contributed by atoms with Gasteiger partial charge in [-0.25, -0.2) is 8.42 Å². The van der Waals surface area contributed by atoms with E-state index in [1.54, 1.807) is 28.6 Å². The van der Waals surface area contributed by atoms with E-state index >= 15 is 0 Å². The van der Waals surface area contributed by atoms with Crippen LogP contribution < -0.4 is 0 Å². The van der Waals surface area contributed by atoms with Crippen molar-refractivity contribution < 1.29 is 13.2 Å². The van der Waals surface area contributed by atoms with Crippen molar-refractivity contribution >= 4 is 15.9 Å². The van der Waals surface area contributed by atoms with E-state index in [0.717, 1.165) is 45.2 Å². The van der Waals surface area contributed by atoms with E-state index in [0.29, 0.717) is 30.5 Å². The van der Waals surface area contributed by atoms with Crippen molar-refractivity contribution in [1.29, 1.82) is 0 Å². The molecule has 0 spiro atoms. The standard InChI is InChI=1S/C20H30N2O3S/c1-16-12-17(2)15-22(14-16)26(24,25)19-9-7-8-18(13-19)20(23)21-10-5-3-4-6-11-21/h7-9,13,16-17H,3-6,10-12,14-15H2,1-2H3. The lowest BCUT2D eigenvalue weighted by atomic mass is 9.94. The van der Waals surface area contributed by atoms with E-state index in [1.165, 1.54) is 0 Å². The quantitative estimate of drug-likeness (QED) is 0.810. The number of carbonyl (C=O) groups is 1. The topological polar surface area (TPSA) is 57.7 Å². The zero-order valence-corrected chi connectivity index (χ0v) is 16.7. The van der Waals surface area contributed by atoms with Crippen LogP contribution in [0.5, 0.6) is 0 Å². The summed E-state index contributed by atoms with van der Waals surface area (Å²) in [5.41, 5.74) is 0.478. The fourth-order valence-electron chi connectivity index (χ4n) is 4.20. The van der Waals surface area contributed by atoms with Gasteiger partial charge in [-0.3, -0.25) is 4.79 Å². The minimum Gasteiger partial charge on any atom is -0.339 e.